The topological polar surface area (TPSA) is 62.5 Å². The van der Waals surface area contributed by atoms with Crippen LogP contribution in [0.3, 0.4) is 0 Å². The van der Waals surface area contributed by atoms with Crippen molar-refractivity contribution in [1.29, 1.82) is 0 Å². The van der Waals surface area contributed by atoms with Gasteiger partial charge in [0.25, 0.3) is 0 Å². The van der Waals surface area contributed by atoms with E-state index in [1.165, 1.54) is 12.1 Å². The van der Waals surface area contributed by atoms with Gasteiger partial charge in [-0.1, -0.05) is 13.0 Å². The van der Waals surface area contributed by atoms with Crippen molar-refractivity contribution in [2.24, 2.45) is 0 Å². The Kier molecular flexibility index (Phi) is 2.82. The van der Waals surface area contributed by atoms with E-state index in [0.29, 0.717) is 17.5 Å². The summed E-state index contributed by atoms with van der Waals surface area (Å²) in [6.45, 7) is 3.54. The summed E-state index contributed by atoms with van der Waals surface area (Å²) in [5, 5.41) is 21.3. The fourth-order valence-electron chi connectivity index (χ4n) is 4.60. The molecule has 2 aliphatic carbocycles. The molecule has 2 bridgehead atoms. The van der Waals surface area contributed by atoms with E-state index in [2.05, 4.69) is 0 Å². The molecule has 7 heteroatoms. The van der Waals surface area contributed by atoms with Crippen LogP contribution in [-0.4, -0.2) is 20.6 Å². The second-order valence-corrected chi connectivity index (χ2v) is 7.45. The first-order chi connectivity index (χ1) is 11.5. The average molecular weight is 351 g/mol. The monoisotopic (exact) mass is 351 g/mol. The molecule has 1 aromatic carbocycles. The zero-order chi connectivity index (χ0) is 18.4. The molecule has 4 nitrogen and oxygen atoms in total. The van der Waals surface area contributed by atoms with E-state index < -0.39 is 22.6 Å². The average Bonchev–Trinajstić information content (AvgIpc) is 3.00. The molecule has 0 saturated heterocycles. The van der Waals surface area contributed by atoms with Gasteiger partial charge in [0, 0.05) is 23.0 Å². The number of carbonyl (C=O) groups excluding carboxylic acids is 1. The predicted octanol–water partition coefficient (Wildman–Crippen LogP) is 3.80. The van der Waals surface area contributed by atoms with Gasteiger partial charge in [0.1, 0.15) is 5.78 Å². The van der Waals surface area contributed by atoms with Gasteiger partial charge in [-0.2, -0.15) is 13.2 Å². The number of hydrogen-bond donors (Lipinski definition) is 2. The minimum Gasteiger partial charge on any atom is -0.494 e. The summed E-state index contributed by atoms with van der Waals surface area (Å²) >= 11 is 0. The van der Waals surface area contributed by atoms with Crippen LogP contribution >= 0.6 is 0 Å². The molecular weight excluding hydrogens is 335 g/mol. The zero-order valence-corrected chi connectivity index (χ0v) is 13.6. The van der Waals surface area contributed by atoms with E-state index in [0.717, 1.165) is 16.7 Å². The first-order valence-electron chi connectivity index (χ1n) is 7.87. The fraction of sp³-hybridized carbons (Fsp3) is 0.389. The van der Waals surface area contributed by atoms with Crippen molar-refractivity contribution in [2.45, 2.75) is 43.7 Å². The highest BCUT2D eigenvalue weighted by atomic mass is 19.4. The van der Waals surface area contributed by atoms with Crippen LogP contribution in [0, 0.1) is 0 Å². The minimum atomic E-state index is -4.54. The van der Waals surface area contributed by atoms with Crippen LogP contribution in [0.1, 0.15) is 43.4 Å². The van der Waals surface area contributed by atoms with Crippen LogP contribution in [-0.2, 0) is 21.8 Å². The lowest BCUT2D eigenvalue weighted by Crippen LogP contribution is -2.27. The van der Waals surface area contributed by atoms with Crippen LogP contribution in [0.4, 0.5) is 13.2 Å². The number of rotatable bonds is 1. The smallest absolute Gasteiger partial charge is 0.416 e. The minimum absolute atomic E-state index is 0.00160. The van der Waals surface area contributed by atoms with E-state index in [9.17, 15) is 28.2 Å². The first kappa shape index (κ1) is 16.1. The van der Waals surface area contributed by atoms with Crippen LogP contribution in [0.5, 0.6) is 11.8 Å². The quantitative estimate of drug-likeness (QED) is 0.821. The van der Waals surface area contributed by atoms with Gasteiger partial charge >= 0.3 is 6.18 Å². The lowest BCUT2D eigenvalue weighted by Gasteiger charge is -2.22. The normalized spacial score (nSPS) is 27.8. The van der Waals surface area contributed by atoms with Gasteiger partial charge in [-0.3, -0.25) is 9.36 Å². The van der Waals surface area contributed by atoms with Crippen molar-refractivity contribution in [2.75, 3.05) is 0 Å². The Hall–Kier alpha value is -2.44. The van der Waals surface area contributed by atoms with Gasteiger partial charge in [0.05, 0.1) is 16.7 Å². The molecule has 25 heavy (non-hydrogen) atoms. The summed E-state index contributed by atoms with van der Waals surface area (Å²) in [4.78, 5) is 12.4. The standard InChI is InChI=1S/C18H16F3NO3/c1-16-7-11(23)17(2,8-16)13-12(16)14(24)22(15(13)25)10-5-3-4-9(6-10)18(19,20)21/h3-6,24-25H,7-8H2,1-2H3/t16-,17-/m1/s1. The van der Waals surface area contributed by atoms with E-state index in [1.54, 1.807) is 6.92 Å². The van der Waals surface area contributed by atoms with Gasteiger partial charge in [0.2, 0.25) is 11.8 Å². The predicted molar refractivity (Wildman–Crippen MR) is 83.0 cm³/mol. The molecule has 2 N–H and O–H groups in total. The Bertz CT molecular complexity index is 930. The number of carbonyl (C=O) groups is 1. The number of alkyl halides is 3. The van der Waals surface area contributed by atoms with E-state index in [4.69, 9.17) is 0 Å². The molecule has 0 spiro atoms. The molecule has 2 atom stereocenters. The number of ketones is 1. The van der Waals surface area contributed by atoms with Crippen LogP contribution in [0.15, 0.2) is 24.3 Å². The third kappa shape index (κ3) is 1.86. The molecule has 0 amide bonds. The molecule has 0 unspecified atom stereocenters. The van der Waals surface area contributed by atoms with Crippen molar-refractivity contribution in [1.82, 2.24) is 4.57 Å². The van der Waals surface area contributed by atoms with Crippen molar-refractivity contribution in [3.05, 3.63) is 41.0 Å². The highest BCUT2D eigenvalue weighted by molar-refractivity contribution is 5.98. The second kappa shape index (κ2) is 4.39. The Morgan fingerprint density at radius 2 is 1.76 bits per heavy atom. The first-order valence-corrected chi connectivity index (χ1v) is 7.87. The molecule has 1 saturated carbocycles. The van der Waals surface area contributed by atoms with Gasteiger partial charge < -0.3 is 10.2 Å². The lowest BCUT2D eigenvalue weighted by atomic mass is 9.79. The zero-order valence-electron chi connectivity index (χ0n) is 13.6. The maximum absolute atomic E-state index is 13.0. The van der Waals surface area contributed by atoms with Gasteiger partial charge in [-0.05, 0) is 31.5 Å². The number of benzene rings is 1. The number of Topliss-reactive ketones (excluding diaryl/α,β-unsaturated/α-hetero) is 1. The third-order valence-electron chi connectivity index (χ3n) is 5.62. The summed E-state index contributed by atoms with van der Waals surface area (Å²) in [5.74, 6) is -0.698. The van der Waals surface area contributed by atoms with Crippen LogP contribution in [0.2, 0.25) is 0 Å². The molecule has 132 valence electrons. The van der Waals surface area contributed by atoms with Crippen molar-refractivity contribution in [3.63, 3.8) is 0 Å². The Morgan fingerprint density at radius 1 is 1.12 bits per heavy atom. The highest BCUT2D eigenvalue weighted by Crippen LogP contribution is 2.64. The van der Waals surface area contributed by atoms with Crippen LogP contribution < -0.4 is 0 Å². The molecule has 4 rings (SSSR count). The van der Waals surface area contributed by atoms with Gasteiger partial charge in [-0.25, -0.2) is 0 Å². The second-order valence-electron chi connectivity index (χ2n) is 7.45. The molecule has 1 heterocycles. The largest absolute Gasteiger partial charge is 0.494 e. The third-order valence-corrected chi connectivity index (χ3v) is 5.62. The van der Waals surface area contributed by atoms with Gasteiger partial charge in [0.15, 0.2) is 0 Å². The van der Waals surface area contributed by atoms with Crippen molar-refractivity contribution >= 4 is 5.78 Å². The lowest BCUT2D eigenvalue weighted by molar-refractivity contribution is -0.137. The molecule has 0 radical (unpaired) electrons. The summed E-state index contributed by atoms with van der Waals surface area (Å²) < 4.78 is 39.9. The van der Waals surface area contributed by atoms with Crippen LogP contribution in [0.25, 0.3) is 5.69 Å². The molecule has 1 fully saturated rings. The molecule has 2 aliphatic rings. The van der Waals surface area contributed by atoms with E-state index in [-0.39, 0.29) is 29.7 Å². The molecule has 2 aromatic rings. The SMILES string of the molecule is C[C@@]12CC(=O)[C@@](C)(C1)c1c2c(O)n(-c2cccc(C(F)(F)F)c2)c1O. The molecule has 0 aliphatic heterocycles. The number of halogens is 3. The van der Waals surface area contributed by atoms with Crippen molar-refractivity contribution in [3.8, 4) is 17.4 Å². The van der Waals surface area contributed by atoms with Gasteiger partial charge in [-0.15, -0.1) is 0 Å². The summed E-state index contributed by atoms with van der Waals surface area (Å²) in [7, 11) is 0. The Balaban J connectivity index is 1.97. The summed E-state index contributed by atoms with van der Waals surface area (Å²) in [5.41, 5.74) is -1.62. The number of aromatic nitrogens is 1. The molecular formula is C18H16F3NO3. The molecule has 1 aromatic heterocycles. The van der Waals surface area contributed by atoms with E-state index >= 15 is 0 Å². The highest BCUT2D eigenvalue weighted by Gasteiger charge is 2.62. The van der Waals surface area contributed by atoms with E-state index in [1.807, 2.05) is 6.92 Å². The number of fused-ring (bicyclic) bond motifs is 5. The maximum atomic E-state index is 13.0. The number of aromatic hydroxyl groups is 2. The van der Waals surface area contributed by atoms with Crippen molar-refractivity contribution < 1.29 is 28.2 Å². The fourth-order valence-corrected chi connectivity index (χ4v) is 4.60. The number of nitrogens with zero attached hydrogens (tertiary/aromatic N) is 1. The number of hydrogen-bond acceptors (Lipinski definition) is 3. The Morgan fingerprint density at radius 3 is 2.40 bits per heavy atom. The summed E-state index contributed by atoms with van der Waals surface area (Å²) in [6.07, 6.45) is -3.81. The maximum Gasteiger partial charge on any atom is 0.416 e. The summed E-state index contributed by atoms with van der Waals surface area (Å²) in [6, 6.07) is 4.37. The Labute approximate surface area is 141 Å².